The molecule has 1 N–H and O–H groups in total. The molecule has 1 aromatic carbocycles. The molecule has 1 saturated heterocycles. The Labute approximate surface area is 153 Å². The summed E-state index contributed by atoms with van der Waals surface area (Å²) in [6.45, 7) is 2.07. The van der Waals surface area contributed by atoms with Crippen LogP contribution in [0.1, 0.15) is 44.1 Å². The maximum absolute atomic E-state index is 12.9. The molecule has 1 unspecified atom stereocenters. The van der Waals surface area contributed by atoms with Crippen LogP contribution in [-0.4, -0.2) is 43.9 Å². The predicted octanol–water partition coefficient (Wildman–Crippen LogP) is 2.08. The van der Waals surface area contributed by atoms with Gasteiger partial charge in [0.1, 0.15) is 5.54 Å². The van der Waals surface area contributed by atoms with Crippen LogP contribution in [0.4, 0.5) is 0 Å². The number of hydrogen-bond acceptors (Lipinski definition) is 4. The van der Waals surface area contributed by atoms with E-state index in [0.29, 0.717) is 5.54 Å². The molecule has 1 aliphatic heterocycles. The molecule has 136 valence electrons. The van der Waals surface area contributed by atoms with Crippen molar-refractivity contribution in [3.05, 3.63) is 48.3 Å². The molecule has 5 rings (SSSR count). The molecule has 0 bridgehead atoms. The van der Waals surface area contributed by atoms with Gasteiger partial charge in [-0.15, -0.1) is 5.10 Å². The fourth-order valence-electron chi connectivity index (χ4n) is 4.51. The van der Waals surface area contributed by atoms with E-state index in [2.05, 4.69) is 50.9 Å². The van der Waals surface area contributed by atoms with Crippen LogP contribution in [0.25, 0.3) is 0 Å². The fourth-order valence-corrected chi connectivity index (χ4v) is 4.51. The van der Waals surface area contributed by atoms with Gasteiger partial charge in [0.15, 0.2) is 0 Å². The second-order valence-electron chi connectivity index (χ2n) is 8.17. The van der Waals surface area contributed by atoms with E-state index in [1.807, 2.05) is 0 Å². The van der Waals surface area contributed by atoms with Crippen molar-refractivity contribution < 1.29 is 4.79 Å². The standard InChI is InChI=1S/C20H25N5O/c26-18(20(9-10-20)25-13-11-21-23-25)22-17-6-12-24(19(14-17)7-8-19)15-16-4-2-1-3-5-16/h1-5,11,13,17H,6-10,12,14-15H2,(H,22,26). The van der Waals surface area contributed by atoms with Crippen LogP contribution in [0.15, 0.2) is 42.7 Å². The van der Waals surface area contributed by atoms with E-state index >= 15 is 0 Å². The Morgan fingerprint density at radius 2 is 2.00 bits per heavy atom. The van der Waals surface area contributed by atoms with Crippen molar-refractivity contribution in [1.82, 2.24) is 25.2 Å². The minimum atomic E-state index is -0.478. The van der Waals surface area contributed by atoms with Crippen molar-refractivity contribution in [2.75, 3.05) is 6.54 Å². The summed E-state index contributed by atoms with van der Waals surface area (Å²) in [6, 6.07) is 11.0. The Hall–Kier alpha value is -2.21. The molecule has 1 spiro atoms. The first-order valence-corrected chi connectivity index (χ1v) is 9.67. The SMILES string of the molecule is O=C(NC1CCN(Cc2ccccc2)C2(CC2)C1)C1(n2ccnn2)CC1. The molecule has 1 aromatic heterocycles. The number of benzene rings is 1. The molecular weight excluding hydrogens is 326 g/mol. The summed E-state index contributed by atoms with van der Waals surface area (Å²) in [7, 11) is 0. The molecule has 2 aromatic rings. The van der Waals surface area contributed by atoms with E-state index in [-0.39, 0.29) is 11.9 Å². The smallest absolute Gasteiger partial charge is 0.248 e. The number of nitrogens with one attached hydrogen (secondary N) is 1. The van der Waals surface area contributed by atoms with Crippen molar-refractivity contribution >= 4 is 5.91 Å². The van der Waals surface area contributed by atoms with Crippen LogP contribution in [0.2, 0.25) is 0 Å². The highest BCUT2D eigenvalue weighted by molar-refractivity contribution is 5.87. The quantitative estimate of drug-likeness (QED) is 0.896. The van der Waals surface area contributed by atoms with Gasteiger partial charge in [-0.3, -0.25) is 9.69 Å². The number of amides is 1. The van der Waals surface area contributed by atoms with Crippen molar-refractivity contribution in [3.8, 4) is 0 Å². The summed E-state index contributed by atoms with van der Waals surface area (Å²) in [5.41, 5.74) is 1.20. The summed E-state index contributed by atoms with van der Waals surface area (Å²) in [5, 5.41) is 11.3. The maximum atomic E-state index is 12.9. The summed E-state index contributed by atoms with van der Waals surface area (Å²) in [6.07, 6.45) is 9.76. The van der Waals surface area contributed by atoms with Gasteiger partial charge >= 0.3 is 0 Å². The minimum Gasteiger partial charge on any atom is -0.351 e. The van der Waals surface area contributed by atoms with Crippen LogP contribution in [0.3, 0.4) is 0 Å². The fraction of sp³-hybridized carbons (Fsp3) is 0.550. The Morgan fingerprint density at radius 3 is 2.65 bits per heavy atom. The Morgan fingerprint density at radius 1 is 1.19 bits per heavy atom. The van der Waals surface area contributed by atoms with Crippen molar-refractivity contribution in [2.24, 2.45) is 0 Å². The average molecular weight is 351 g/mol. The first kappa shape index (κ1) is 16.0. The zero-order valence-electron chi connectivity index (χ0n) is 15.0. The summed E-state index contributed by atoms with van der Waals surface area (Å²) in [5.74, 6) is 0.125. The number of nitrogens with zero attached hydrogens (tertiary/aromatic N) is 4. The first-order valence-electron chi connectivity index (χ1n) is 9.67. The second-order valence-corrected chi connectivity index (χ2v) is 8.17. The van der Waals surface area contributed by atoms with Gasteiger partial charge in [0.2, 0.25) is 5.91 Å². The van der Waals surface area contributed by atoms with Gasteiger partial charge in [0.05, 0.1) is 6.20 Å². The van der Waals surface area contributed by atoms with Gasteiger partial charge in [-0.25, -0.2) is 4.68 Å². The van der Waals surface area contributed by atoms with Gasteiger partial charge in [0, 0.05) is 30.9 Å². The molecular formula is C20H25N5O. The lowest BCUT2D eigenvalue weighted by Crippen LogP contribution is -2.53. The van der Waals surface area contributed by atoms with E-state index in [0.717, 1.165) is 38.8 Å². The zero-order valence-corrected chi connectivity index (χ0v) is 15.0. The van der Waals surface area contributed by atoms with E-state index in [9.17, 15) is 4.79 Å². The summed E-state index contributed by atoms with van der Waals surface area (Å²) < 4.78 is 1.74. The van der Waals surface area contributed by atoms with Crippen molar-refractivity contribution in [1.29, 1.82) is 0 Å². The highest BCUT2D eigenvalue weighted by Crippen LogP contribution is 2.49. The van der Waals surface area contributed by atoms with Crippen LogP contribution in [0, 0.1) is 0 Å². The van der Waals surface area contributed by atoms with Crippen LogP contribution < -0.4 is 5.32 Å². The third-order valence-corrected chi connectivity index (χ3v) is 6.43. The molecule has 6 heteroatoms. The maximum Gasteiger partial charge on any atom is 0.248 e. The van der Waals surface area contributed by atoms with Gasteiger partial charge in [-0.05, 0) is 44.1 Å². The zero-order chi connectivity index (χ0) is 17.6. The van der Waals surface area contributed by atoms with E-state index in [4.69, 9.17) is 0 Å². The summed E-state index contributed by atoms with van der Waals surface area (Å²) in [4.78, 5) is 15.5. The predicted molar refractivity (Wildman–Crippen MR) is 97.2 cm³/mol. The topological polar surface area (TPSA) is 63.1 Å². The molecule has 2 heterocycles. The van der Waals surface area contributed by atoms with Gasteiger partial charge in [-0.2, -0.15) is 0 Å². The van der Waals surface area contributed by atoms with Crippen molar-refractivity contribution in [2.45, 2.75) is 62.2 Å². The minimum absolute atomic E-state index is 0.125. The molecule has 0 radical (unpaired) electrons. The van der Waals surface area contributed by atoms with Crippen molar-refractivity contribution in [3.63, 3.8) is 0 Å². The van der Waals surface area contributed by atoms with Gasteiger partial charge in [-0.1, -0.05) is 35.5 Å². The number of carbonyl (C=O) groups is 1. The van der Waals surface area contributed by atoms with E-state index < -0.39 is 5.54 Å². The number of hydrogen-bond donors (Lipinski definition) is 1. The molecule has 3 aliphatic rings. The second kappa shape index (κ2) is 5.91. The Balaban J connectivity index is 1.23. The number of piperidine rings is 1. The highest BCUT2D eigenvalue weighted by atomic mass is 16.2. The lowest BCUT2D eigenvalue weighted by molar-refractivity contribution is -0.127. The van der Waals surface area contributed by atoms with Crippen LogP contribution in [0.5, 0.6) is 0 Å². The third kappa shape index (κ3) is 2.72. The highest BCUT2D eigenvalue weighted by Gasteiger charge is 2.55. The monoisotopic (exact) mass is 351 g/mol. The molecule has 26 heavy (non-hydrogen) atoms. The molecule has 1 amide bonds. The average Bonchev–Trinajstić information content (AvgIpc) is 3.57. The molecule has 6 nitrogen and oxygen atoms in total. The number of aromatic nitrogens is 3. The number of carbonyl (C=O) groups excluding carboxylic acids is 1. The first-order chi connectivity index (χ1) is 12.7. The van der Waals surface area contributed by atoms with E-state index in [1.54, 1.807) is 17.1 Å². The number of rotatable bonds is 5. The molecule has 3 fully saturated rings. The Bertz CT molecular complexity index is 780. The van der Waals surface area contributed by atoms with Gasteiger partial charge < -0.3 is 5.32 Å². The molecule has 2 aliphatic carbocycles. The van der Waals surface area contributed by atoms with Gasteiger partial charge in [0.25, 0.3) is 0 Å². The largest absolute Gasteiger partial charge is 0.351 e. The lowest BCUT2D eigenvalue weighted by Gasteiger charge is -2.41. The van der Waals surface area contributed by atoms with Crippen LogP contribution >= 0.6 is 0 Å². The Kier molecular flexibility index (Phi) is 3.64. The normalized spacial score (nSPS) is 25.8. The summed E-state index contributed by atoms with van der Waals surface area (Å²) >= 11 is 0. The van der Waals surface area contributed by atoms with E-state index in [1.165, 1.54) is 18.4 Å². The molecule has 2 saturated carbocycles. The van der Waals surface area contributed by atoms with Crippen LogP contribution in [-0.2, 0) is 16.9 Å². The number of likely N-dealkylation sites (tertiary alicyclic amines) is 1. The third-order valence-electron chi connectivity index (χ3n) is 6.43. The molecule has 1 atom stereocenters. The lowest BCUT2D eigenvalue weighted by atomic mass is 9.94.